The second-order valence-electron chi connectivity index (χ2n) is 4.47. The molecule has 0 radical (unpaired) electrons. The van der Waals surface area contributed by atoms with Gasteiger partial charge in [-0.1, -0.05) is 11.6 Å². The third-order valence-corrected chi connectivity index (χ3v) is 2.93. The second-order valence-corrected chi connectivity index (χ2v) is 4.88. The van der Waals surface area contributed by atoms with Gasteiger partial charge in [0.05, 0.1) is 23.8 Å². The number of nitrogens with two attached hydrogens (primary N) is 1. The summed E-state index contributed by atoms with van der Waals surface area (Å²) >= 11 is 6.03. The molecule has 0 aliphatic carbocycles. The first-order chi connectivity index (χ1) is 7.27. The predicted molar refractivity (Wildman–Crippen MR) is 66.0 cm³/mol. The number of aliphatic hydroxyl groups is 1. The molecule has 0 spiro atoms. The van der Waals surface area contributed by atoms with Crippen molar-refractivity contribution in [3.63, 3.8) is 0 Å². The van der Waals surface area contributed by atoms with E-state index in [4.69, 9.17) is 22.1 Å². The van der Waals surface area contributed by atoms with E-state index in [1.54, 1.807) is 27.0 Å². The lowest BCUT2D eigenvalue weighted by atomic mass is 9.90. The minimum absolute atomic E-state index is 0.476. The summed E-state index contributed by atoms with van der Waals surface area (Å²) in [6, 6.07) is 3.10. The number of rotatable bonds is 3. The fourth-order valence-electron chi connectivity index (χ4n) is 1.54. The zero-order valence-corrected chi connectivity index (χ0v) is 10.8. The number of halogens is 1. The molecule has 4 heteroatoms. The van der Waals surface area contributed by atoms with Gasteiger partial charge in [-0.2, -0.15) is 0 Å². The van der Waals surface area contributed by atoms with Gasteiger partial charge in [0.2, 0.25) is 0 Å². The Hall–Kier alpha value is -0.770. The smallest absolute Gasteiger partial charge is 0.137 e. The van der Waals surface area contributed by atoms with Crippen LogP contribution in [0.1, 0.15) is 31.0 Å². The molecule has 0 saturated carbocycles. The molecule has 1 aromatic rings. The van der Waals surface area contributed by atoms with E-state index in [1.165, 1.54) is 0 Å². The number of hydrogen-bond acceptors (Lipinski definition) is 3. The van der Waals surface area contributed by atoms with Crippen LogP contribution in [0.25, 0.3) is 0 Å². The molecule has 1 rings (SSSR count). The lowest BCUT2D eigenvalue weighted by molar-refractivity contribution is 0.0515. The summed E-state index contributed by atoms with van der Waals surface area (Å²) in [5.41, 5.74) is 6.79. The minimum atomic E-state index is -0.983. The molecule has 0 aromatic heterocycles. The summed E-state index contributed by atoms with van der Waals surface area (Å²) in [7, 11) is 1.57. The van der Waals surface area contributed by atoms with Crippen molar-refractivity contribution >= 4 is 11.6 Å². The molecule has 0 aliphatic rings. The molecular formula is C12H18ClNO2. The largest absolute Gasteiger partial charge is 0.495 e. The van der Waals surface area contributed by atoms with Gasteiger partial charge >= 0.3 is 0 Å². The highest BCUT2D eigenvalue weighted by Crippen LogP contribution is 2.33. The van der Waals surface area contributed by atoms with E-state index in [0.29, 0.717) is 10.8 Å². The number of benzene rings is 1. The van der Waals surface area contributed by atoms with Crippen molar-refractivity contribution in [2.45, 2.75) is 32.4 Å². The predicted octanol–water partition coefficient (Wildman–Crippen LogP) is 2.43. The van der Waals surface area contributed by atoms with E-state index in [9.17, 15) is 5.11 Å². The third kappa shape index (κ3) is 2.67. The van der Waals surface area contributed by atoms with Gasteiger partial charge in [0.1, 0.15) is 5.75 Å². The van der Waals surface area contributed by atoms with Crippen LogP contribution in [-0.2, 0) is 0 Å². The molecule has 3 N–H and O–H groups in total. The molecule has 3 nitrogen and oxygen atoms in total. The minimum Gasteiger partial charge on any atom is -0.495 e. The lowest BCUT2D eigenvalue weighted by Crippen LogP contribution is -2.35. The molecule has 1 aromatic carbocycles. The summed E-state index contributed by atoms with van der Waals surface area (Å²) < 4.78 is 5.11. The Bertz CT molecular complexity index is 385. The van der Waals surface area contributed by atoms with E-state index in [0.717, 1.165) is 11.1 Å². The zero-order valence-electron chi connectivity index (χ0n) is 10.0. The van der Waals surface area contributed by atoms with E-state index in [2.05, 4.69) is 0 Å². The molecule has 1 unspecified atom stereocenters. The van der Waals surface area contributed by atoms with Gasteiger partial charge in [-0.3, -0.25) is 0 Å². The van der Waals surface area contributed by atoms with Gasteiger partial charge in [0.15, 0.2) is 0 Å². The van der Waals surface area contributed by atoms with Gasteiger partial charge in [0, 0.05) is 0 Å². The number of aryl methyl sites for hydroxylation is 1. The van der Waals surface area contributed by atoms with E-state index >= 15 is 0 Å². The van der Waals surface area contributed by atoms with Crippen LogP contribution in [0.5, 0.6) is 5.75 Å². The molecule has 0 amide bonds. The summed E-state index contributed by atoms with van der Waals surface area (Å²) in [4.78, 5) is 0. The Morgan fingerprint density at radius 2 is 2.00 bits per heavy atom. The van der Waals surface area contributed by atoms with E-state index < -0.39 is 11.6 Å². The number of methoxy groups -OCH3 is 1. The normalized spacial score (nSPS) is 13.7. The Labute approximate surface area is 101 Å². The Balaban J connectivity index is 3.21. The van der Waals surface area contributed by atoms with Crippen LogP contribution >= 0.6 is 11.6 Å². The molecule has 0 aliphatic heterocycles. The van der Waals surface area contributed by atoms with Crippen LogP contribution < -0.4 is 10.5 Å². The standard InChI is InChI=1S/C12H18ClNO2/c1-7-5-10(16-4)9(13)6-8(7)11(14)12(2,3)15/h5-6,11,15H,14H2,1-4H3. The Morgan fingerprint density at radius 1 is 1.44 bits per heavy atom. The highest BCUT2D eigenvalue weighted by Gasteiger charge is 2.26. The maximum atomic E-state index is 9.88. The third-order valence-electron chi connectivity index (χ3n) is 2.64. The fourth-order valence-corrected chi connectivity index (χ4v) is 1.79. The SMILES string of the molecule is COc1cc(C)c(C(N)C(C)(C)O)cc1Cl. The first-order valence-corrected chi connectivity index (χ1v) is 5.47. The van der Waals surface area contributed by atoms with Crippen LogP contribution in [0.2, 0.25) is 5.02 Å². The van der Waals surface area contributed by atoms with E-state index in [-0.39, 0.29) is 0 Å². The molecule has 16 heavy (non-hydrogen) atoms. The van der Waals surface area contributed by atoms with Crippen molar-refractivity contribution in [1.29, 1.82) is 0 Å². The average molecular weight is 244 g/mol. The number of ether oxygens (including phenoxy) is 1. The quantitative estimate of drug-likeness (QED) is 0.857. The van der Waals surface area contributed by atoms with Crippen molar-refractivity contribution < 1.29 is 9.84 Å². The molecular weight excluding hydrogens is 226 g/mol. The number of hydrogen-bond donors (Lipinski definition) is 2. The van der Waals surface area contributed by atoms with Crippen molar-refractivity contribution in [2.24, 2.45) is 5.73 Å². The highest BCUT2D eigenvalue weighted by molar-refractivity contribution is 6.32. The topological polar surface area (TPSA) is 55.5 Å². The monoisotopic (exact) mass is 243 g/mol. The van der Waals surface area contributed by atoms with Crippen molar-refractivity contribution in [3.05, 3.63) is 28.3 Å². The van der Waals surface area contributed by atoms with Crippen LogP contribution in [0.15, 0.2) is 12.1 Å². The van der Waals surface area contributed by atoms with Crippen LogP contribution in [0.4, 0.5) is 0 Å². The van der Waals surface area contributed by atoms with Crippen molar-refractivity contribution in [3.8, 4) is 5.75 Å². The van der Waals surface area contributed by atoms with Gasteiger partial charge in [0.25, 0.3) is 0 Å². The van der Waals surface area contributed by atoms with Crippen LogP contribution in [-0.4, -0.2) is 17.8 Å². The Kier molecular flexibility index (Phi) is 3.84. The van der Waals surface area contributed by atoms with Gasteiger partial charge < -0.3 is 15.6 Å². The summed E-state index contributed by atoms with van der Waals surface area (Å²) in [6.07, 6.45) is 0. The highest BCUT2D eigenvalue weighted by atomic mass is 35.5. The van der Waals surface area contributed by atoms with Crippen LogP contribution in [0.3, 0.4) is 0 Å². The van der Waals surface area contributed by atoms with Gasteiger partial charge in [-0.15, -0.1) is 0 Å². The van der Waals surface area contributed by atoms with Crippen molar-refractivity contribution in [1.82, 2.24) is 0 Å². The Morgan fingerprint density at radius 3 is 2.44 bits per heavy atom. The molecule has 0 heterocycles. The first kappa shape index (κ1) is 13.3. The maximum absolute atomic E-state index is 9.88. The summed E-state index contributed by atoms with van der Waals surface area (Å²) in [5, 5.41) is 10.4. The van der Waals surface area contributed by atoms with E-state index in [1.807, 2.05) is 13.0 Å². The van der Waals surface area contributed by atoms with Crippen LogP contribution in [0, 0.1) is 6.92 Å². The molecule has 0 saturated heterocycles. The first-order valence-electron chi connectivity index (χ1n) is 5.09. The fraction of sp³-hybridized carbons (Fsp3) is 0.500. The average Bonchev–Trinajstić information content (AvgIpc) is 2.18. The van der Waals surface area contributed by atoms with Gasteiger partial charge in [-0.05, 0) is 44.0 Å². The molecule has 90 valence electrons. The second kappa shape index (κ2) is 4.62. The lowest BCUT2D eigenvalue weighted by Gasteiger charge is -2.27. The molecule has 0 fully saturated rings. The molecule has 0 bridgehead atoms. The maximum Gasteiger partial charge on any atom is 0.137 e. The van der Waals surface area contributed by atoms with Crippen molar-refractivity contribution in [2.75, 3.05) is 7.11 Å². The summed E-state index contributed by atoms with van der Waals surface area (Å²) in [6.45, 7) is 5.27. The molecule has 1 atom stereocenters. The summed E-state index contributed by atoms with van der Waals surface area (Å²) in [5.74, 6) is 0.617. The van der Waals surface area contributed by atoms with Gasteiger partial charge in [-0.25, -0.2) is 0 Å². The zero-order chi connectivity index (χ0) is 12.5.